The third-order valence-electron chi connectivity index (χ3n) is 2.55. The number of para-hydroxylation sites is 1. The molecular formula is C14H19NO4. The van der Waals surface area contributed by atoms with E-state index in [2.05, 4.69) is 5.32 Å². The van der Waals surface area contributed by atoms with Crippen molar-refractivity contribution in [2.24, 2.45) is 0 Å². The van der Waals surface area contributed by atoms with Gasteiger partial charge >= 0.3 is 5.97 Å². The molecule has 0 radical (unpaired) electrons. The van der Waals surface area contributed by atoms with Crippen LogP contribution in [0.15, 0.2) is 24.3 Å². The number of hydrogen-bond donors (Lipinski definition) is 2. The molecule has 0 aliphatic carbocycles. The van der Waals surface area contributed by atoms with Crippen LogP contribution in [0, 0.1) is 0 Å². The summed E-state index contributed by atoms with van der Waals surface area (Å²) in [6.07, 6.45) is 0.540. The second kappa shape index (κ2) is 8.13. The van der Waals surface area contributed by atoms with Gasteiger partial charge in [-0.05, 0) is 25.0 Å². The number of carbonyl (C=O) groups is 2. The number of carboxylic acid groups (broad SMARTS) is 1. The Morgan fingerprint density at radius 1 is 1.26 bits per heavy atom. The summed E-state index contributed by atoms with van der Waals surface area (Å²) < 4.78 is 5.48. The minimum Gasteiger partial charge on any atom is -0.494 e. The van der Waals surface area contributed by atoms with E-state index in [4.69, 9.17) is 9.84 Å². The van der Waals surface area contributed by atoms with Crippen molar-refractivity contribution in [1.82, 2.24) is 5.32 Å². The molecule has 5 nitrogen and oxygen atoms in total. The quantitative estimate of drug-likeness (QED) is 0.748. The highest BCUT2D eigenvalue weighted by molar-refractivity contribution is 5.80. The third-order valence-corrected chi connectivity index (χ3v) is 2.55. The normalized spacial score (nSPS) is 9.95. The molecule has 0 fully saturated rings. The predicted molar refractivity (Wildman–Crippen MR) is 71.2 cm³/mol. The lowest BCUT2D eigenvalue weighted by atomic mass is 10.1. The van der Waals surface area contributed by atoms with Crippen molar-refractivity contribution in [1.29, 1.82) is 0 Å². The second-order valence-corrected chi connectivity index (χ2v) is 4.03. The number of carbonyl (C=O) groups excluding carboxylic acids is 1. The molecule has 1 aromatic rings. The van der Waals surface area contributed by atoms with Crippen molar-refractivity contribution in [3.8, 4) is 5.75 Å². The van der Waals surface area contributed by atoms with E-state index in [1.54, 1.807) is 0 Å². The van der Waals surface area contributed by atoms with Gasteiger partial charge in [0.15, 0.2) is 0 Å². The van der Waals surface area contributed by atoms with Crippen molar-refractivity contribution < 1.29 is 19.4 Å². The average molecular weight is 265 g/mol. The van der Waals surface area contributed by atoms with Crippen LogP contribution in [0.1, 0.15) is 25.3 Å². The molecule has 104 valence electrons. The zero-order valence-electron chi connectivity index (χ0n) is 11.0. The molecule has 0 aliphatic rings. The Bertz CT molecular complexity index is 431. The van der Waals surface area contributed by atoms with Crippen LogP contribution in [-0.4, -0.2) is 30.1 Å². The van der Waals surface area contributed by atoms with Gasteiger partial charge in [0.1, 0.15) is 5.75 Å². The maximum Gasteiger partial charge on any atom is 0.303 e. The highest BCUT2D eigenvalue weighted by Gasteiger charge is 2.06. The largest absolute Gasteiger partial charge is 0.494 e. The summed E-state index contributed by atoms with van der Waals surface area (Å²) in [4.78, 5) is 21.7. The lowest BCUT2D eigenvalue weighted by Crippen LogP contribution is -2.26. The Morgan fingerprint density at radius 3 is 2.68 bits per heavy atom. The first-order valence-corrected chi connectivity index (χ1v) is 6.32. The fraction of sp³-hybridized carbons (Fsp3) is 0.429. The molecule has 1 amide bonds. The fourth-order valence-corrected chi connectivity index (χ4v) is 1.65. The molecule has 1 aromatic carbocycles. The number of amides is 1. The van der Waals surface area contributed by atoms with Gasteiger partial charge in [-0.1, -0.05) is 18.2 Å². The Kier molecular flexibility index (Phi) is 6.43. The predicted octanol–water partition coefficient (Wildman–Crippen LogP) is 1.61. The monoisotopic (exact) mass is 265 g/mol. The van der Waals surface area contributed by atoms with Gasteiger partial charge in [0.25, 0.3) is 0 Å². The standard InChI is InChI=1S/C14H19NO4/c1-2-19-12-6-4-3-5-11(12)9-10-15-13(16)7-8-14(17)18/h3-6H,2,7-10H2,1H3,(H,15,16)(H,17,18). The van der Waals surface area contributed by atoms with Gasteiger partial charge in [-0.3, -0.25) is 9.59 Å². The number of nitrogens with one attached hydrogen (secondary N) is 1. The van der Waals surface area contributed by atoms with E-state index in [0.29, 0.717) is 19.6 Å². The Hall–Kier alpha value is -2.04. The smallest absolute Gasteiger partial charge is 0.303 e. The van der Waals surface area contributed by atoms with Gasteiger partial charge in [0.05, 0.1) is 13.0 Å². The molecule has 0 bridgehead atoms. The molecule has 19 heavy (non-hydrogen) atoms. The van der Waals surface area contributed by atoms with Crippen molar-refractivity contribution in [2.75, 3.05) is 13.2 Å². The van der Waals surface area contributed by atoms with Crippen molar-refractivity contribution in [3.63, 3.8) is 0 Å². The van der Waals surface area contributed by atoms with Crippen LogP contribution in [0.3, 0.4) is 0 Å². The number of ether oxygens (including phenoxy) is 1. The van der Waals surface area contributed by atoms with Crippen LogP contribution >= 0.6 is 0 Å². The number of benzene rings is 1. The highest BCUT2D eigenvalue weighted by Crippen LogP contribution is 2.17. The molecule has 0 aliphatic heterocycles. The zero-order chi connectivity index (χ0) is 14.1. The first-order chi connectivity index (χ1) is 9.13. The summed E-state index contributed by atoms with van der Waals surface area (Å²) in [5.74, 6) is -0.377. The summed E-state index contributed by atoms with van der Waals surface area (Å²) in [5, 5.41) is 11.2. The van der Waals surface area contributed by atoms with Gasteiger partial charge in [-0.2, -0.15) is 0 Å². The summed E-state index contributed by atoms with van der Waals surface area (Å²) >= 11 is 0. The lowest BCUT2D eigenvalue weighted by Gasteiger charge is -2.10. The Labute approximate surface area is 112 Å². The van der Waals surface area contributed by atoms with Gasteiger partial charge in [0, 0.05) is 13.0 Å². The highest BCUT2D eigenvalue weighted by atomic mass is 16.5. The van der Waals surface area contributed by atoms with Crippen molar-refractivity contribution >= 4 is 11.9 Å². The molecule has 0 saturated carbocycles. The molecule has 1 rings (SSSR count). The molecule has 5 heteroatoms. The molecule has 0 atom stereocenters. The van der Waals surface area contributed by atoms with E-state index >= 15 is 0 Å². The topological polar surface area (TPSA) is 75.6 Å². The number of carboxylic acids is 1. The molecule has 0 heterocycles. The maximum atomic E-state index is 11.3. The second-order valence-electron chi connectivity index (χ2n) is 4.03. The Morgan fingerprint density at radius 2 is 2.00 bits per heavy atom. The van der Waals surface area contributed by atoms with E-state index in [0.717, 1.165) is 11.3 Å². The van der Waals surface area contributed by atoms with Crippen LogP contribution in [-0.2, 0) is 16.0 Å². The lowest BCUT2D eigenvalue weighted by molar-refractivity contribution is -0.138. The van der Waals surface area contributed by atoms with Crippen LogP contribution in [0.25, 0.3) is 0 Å². The minimum atomic E-state index is -0.961. The fourth-order valence-electron chi connectivity index (χ4n) is 1.65. The van der Waals surface area contributed by atoms with Crippen LogP contribution in [0.2, 0.25) is 0 Å². The maximum absolute atomic E-state index is 11.3. The van der Waals surface area contributed by atoms with Crippen LogP contribution in [0.5, 0.6) is 5.75 Å². The van der Waals surface area contributed by atoms with Gasteiger partial charge in [-0.25, -0.2) is 0 Å². The third kappa shape index (κ3) is 5.90. The van der Waals surface area contributed by atoms with E-state index in [9.17, 15) is 9.59 Å². The van der Waals surface area contributed by atoms with E-state index in [1.165, 1.54) is 0 Å². The molecule has 0 unspecified atom stereocenters. The van der Waals surface area contributed by atoms with Crippen molar-refractivity contribution in [3.05, 3.63) is 29.8 Å². The Balaban J connectivity index is 2.36. The molecule has 0 spiro atoms. The molecular weight excluding hydrogens is 246 g/mol. The van der Waals surface area contributed by atoms with Gasteiger partial charge in [0.2, 0.25) is 5.91 Å². The SMILES string of the molecule is CCOc1ccccc1CCNC(=O)CCC(=O)O. The van der Waals surface area contributed by atoms with Gasteiger partial charge < -0.3 is 15.2 Å². The van der Waals surface area contributed by atoms with E-state index in [-0.39, 0.29) is 18.7 Å². The molecule has 2 N–H and O–H groups in total. The average Bonchev–Trinajstić information content (AvgIpc) is 2.39. The zero-order valence-corrected chi connectivity index (χ0v) is 11.0. The number of aliphatic carboxylic acids is 1. The number of hydrogen-bond acceptors (Lipinski definition) is 3. The van der Waals surface area contributed by atoms with E-state index < -0.39 is 5.97 Å². The number of rotatable bonds is 8. The van der Waals surface area contributed by atoms with Gasteiger partial charge in [-0.15, -0.1) is 0 Å². The van der Waals surface area contributed by atoms with E-state index in [1.807, 2.05) is 31.2 Å². The first kappa shape index (κ1) is 15.0. The molecule has 0 saturated heterocycles. The first-order valence-electron chi connectivity index (χ1n) is 6.32. The summed E-state index contributed by atoms with van der Waals surface area (Å²) in [6, 6.07) is 7.67. The summed E-state index contributed by atoms with van der Waals surface area (Å²) in [6.45, 7) is 3.00. The summed E-state index contributed by atoms with van der Waals surface area (Å²) in [5.41, 5.74) is 1.03. The van der Waals surface area contributed by atoms with Crippen LogP contribution < -0.4 is 10.1 Å². The van der Waals surface area contributed by atoms with Crippen LogP contribution in [0.4, 0.5) is 0 Å². The summed E-state index contributed by atoms with van der Waals surface area (Å²) in [7, 11) is 0. The van der Waals surface area contributed by atoms with Crippen molar-refractivity contribution in [2.45, 2.75) is 26.2 Å². The minimum absolute atomic E-state index is 0.0163. The molecule has 0 aromatic heterocycles.